The van der Waals surface area contributed by atoms with Gasteiger partial charge in [0.05, 0.1) is 23.8 Å². The molecule has 3 atom stereocenters. The molecule has 0 radical (unpaired) electrons. The van der Waals surface area contributed by atoms with E-state index in [2.05, 4.69) is 22.4 Å². The van der Waals surface area contributed by atoms with Crippen LogP contribution < -0.4 is 5.32 Å². The molecule has 1 spiro atoms. The minimum atomic E-state index is -4.52. The summed E-state index contributed by atoms with van der Waals surface area (Å²) in [4.78, 5) is 19.4. The van der Waals surface area contributed by atoms with Crippen molar-refractivity contribution < 1.29 is 27.8 Å². The Morgan fingerprint density at radius 1 is 1.22 bits per heavy atom. The number of aromatic nitrogens is 2. The smallest absolute Gasteiger partial charge is 0.389 e. The van der Waals surface area contributed by atoms with E-state index in [1.54, 1.807) is 4.90 Å². The number of benzene rings is 1. The number of pyridine rings is 1. The van der Waals surface area contributed by atoms with E-state index in [1.807, 2.05) is 12.1 Å². The Morgan fingerprint density at radius 2 is 2.03 bits per heavy atom. The van der Waals surface area contributed by atoms with E-state index in [-0.39, 0.29) is 18.2 Å². The molecule has 190 valence electrons. The Balaban J connectivity index is 1.26. The average molecular weight is 501 g/mol. The van der Waals surface area contributed by atoms with Crippen LogP contribution in [0.1, 0.15) is 51.5 Å². The van der Waals surface area contributed by atoms with E-state index in [0.717, 1.165) is 12.3 Å². The zero-order valence-electron chi connectivity index (χ0n) is 19.6. The van der Waals surface area contributed by atoms with Crippen LogP contribution >= 0.6 is 0 Å². The number of halogens is 3. The number of rotatable bonds is 2. The number of carbonyl (C=O) groups is 1. The third-order valence-corrected chi connectivity index (χ3v) is 7.90. The minimum Gasteiger partial charge on any atom is -0.389 e. The van der Waals surface area contributed by atoms with Crippen molar-refractivity contribution in [1.29, 1.82) is 0 Å². The van der Waals surface area contributed by atoms with E-state index in [0.29, 0.717) is 56.8 Å². The Morgan fingerprint density at radius 3 is 2.75 bits per heavy atom. The first-order valence-corrected chi connectivity index (χ1v) is 12.2. The quantitative estimate of drug-likeness (QED) is 0.565. The number of carbonyl (C=O) groups excluding carboxylic acids is 1. The number of nitrogens with zero attached hydrogens (tertiary/aromatic N) is 3. The average Bonchev–Trinajstić information content (AvgIpc) is 3.54. The van der Waals surface area contributed by atoms with Gasteiger partial charge in [0, 0.05) is 50.1 Å². The van der Waals surface area contributed by atoms with Crippen molar-refractivity contribution in [3.63, 3.8) is 0 Å². The third kappa shape index (κ3) is 3.97. The molecular formula is C26H27F3N4O3. The Labute approximate surface area is 205 Å². The number of alkyl halides is 3. The number of aliphatic hydroxyl groups is 1. The van der Waals surface area contributed by atoms with Crippen LogP contribution in [0, 0.1) is 0 Å². The van der Waals surface area contributed by atoms with E-state index >= 15 is 0 Å². The van der Waals surface area contributed by atoms with Gasteiger partial charge in [-0.3, -0.25) is 4.79 Å². The molecule has 1 amide bonds. The summed E-state index contributed by atoms with van der Waals surface area (Å²) >= 11 is 0. The Hall–Kier alpha value is -2.95. The summed E-state index contributed by atoms with van der Waals surface area (Å²) < 4.78 is 47.4. The minimum absolute atomic E-state index is 0.0691. The number of hydrogen-bond donors (Lipinski definition) is 2. The fourth-order valence-electron chi connectivity index (χ4n) is 5.77. The molecule has 0 saturated carbocycles. The standard InChI is InChI=1S/C26H27F3N4O3/c27-26(28,29)19-9-20(18-5-8-36-15-18)23-31-21(13-33(23)12-19)24(35)32-7-6-25(22(34)14-32)10-16-3-1-2-4-17(16)11-30-25/h1-4,9,12-13,18,22,30,34H,5-8,10-11,14-15H2/t18?,22-,25+/m1/s1. The first-order chi connectivity index (χ1) is 17.2. The van der Waals surface area contributed by atoms with Crippen LogP contribution in [0.5, 0.6) is 0 Å². The van der Waals surface area contributed by atoms with Crippen LogP contribution in [-0.4, -0.2) is 63.2 Å². The highest BCUT2D eigenvalue weighted by Crippen LogP contribution is 2.36. The first-order valence-electron chi connectivity index (χ1n) is 12.2. The number of hydrogen-bond acceptors (Lipinski definition) is 5. The molecule has 2 aromatic heterocycles. The highest BCUT2D eigenvalue weighted by Gasteiger charge is 2.45. The summed E-state index contributed by atoms with van der Waals surface area (Å²) in [7, 11) is 0. The van der Waals surface area contributed by atoms with Crippen LogP contribution in [0.4, 0.5) is 13.2 Å². The maximum absolute atomic E-state index is 13.6. The van der Waals surface area contributed by atoms with Gasteiger partial charge in [-0.15, -0.1) is 0 Å². The lowest BCUT2D eigenvalue weighted by Gasteiger charge is -2.48. The van der Waals surface area contributed by atoms with Gasteiger partial charge in [0.1, 0.15) is 11.3 Å². The van der Waals surface area contributed by atoms with Crippen molar-refractivity contribution in [3.8, 4) is 0 Å². The summed E-state index contributed by atoms with van der Waals surface area (Å²) in [5, 5.41) is 14.6. The lowest BCUT2D eigenvalue weighted by molar-refractivity contribution is -0.137. The first kappa shape index (κ1) is 23.4. The van der Waals surface area contributed by atoms with Gasteiger partial charge in [0.25, 0.3) is 5.91 Å². The Bertz CT molecular complexity index is 1320. The monoisotopic (exact) mass is 500 g/mol. The molecule has 2 saturated heterocycles. The number of likely N-dealkylation sites (tertiary alicyclic amines) is 1. The molecule has 1 aromatic carbocycles. The van der Waals surface area contributed by atoms with Crippen molar-refractivity contribution in [3.05, 3.63) is 70.7 Å². The second-order valence-corrected chi connectivity index (χ2v) is 10.1. The molecule has 36 heavy (non-hydrogen) atoms. The Kier molecular flexibility index (Phi) is 5.58. The molecule has 10 heteroatoms. The van der Waals surface area contributed by atoms with E-state index < -0.39 is 29.3 Å². The number of amides is 1. The highest BCUT2D eigenvalue weighted by molar-refractivity contribution is 5.93. The van der Waals surface area contributed by atoms with Crippen molar-refractivity contribution in [2.45, 2.75) is 49.5 Å². The predicted molar refractivity (Wildman–Crippen MR) is 125 cm³/mol. The second kappa shape index (κ2) is 8.57. The van der Waals surface area contributed by atoms with Gasteiger partial charge in [-0.2, -0.15) is 13.2 Å². The number of imidazole rings is 1. The van der Waals surface area contributed by atoms with Gasteiger partial charge in [0.15, 0.2) is 0 Å². The molecule has 2 N–H and O–H groups in total. The maximum atomic E-state index is 13.6. The molecule has 7 nitrogen and oxygen atoms in total. The lowest BCUT2D eigenvalue weighted by atomic mass is 9.76. The van der Waals surface area contributed by atoms with Gasteiger partial charge in [0.2, 0.25) is 0 Å². The molecular weight excluding hydrogens is 473 g/mol. The summed E-state index contributed by atoms with van der Waals surface area (Å²) in [5.74, 6) is -0.608. The maximum Gasteiger partial charge on any atom is 0.417 e. The van der Waals surface area contributed by atoms with Gasteiger partial charge in [-0.1, -0.05) is 24.3 Å². The summed E-state index contributed by atoms with van der Waals surface area (Å²) in [5.41, 5.74) is 1.94. The van der Waals surface area contributed by atoms with Gasteiger partial charge in [-0.25, -0.2) is 4.98 Å². The molecule has 3 aliphatic heterocycles. The van der Waals surface area contributed by atoms with Crippen molar-refractivity contribution in [1.82, 2.24) is 19.6 Å². The molecule has 3 aliphatic rings. The zero-order chi connectivity index (χ0) is 25.1. The lowest BCUT2D eigenvalue weighted by Crippen LogP contribution is -2.65. The fourth-order valence-corrected chi connectivity index (χ4v) is 5.77. The molecule has 2 fully saturated rings. The van der Waals surface area contributed by atoms with E-state index in [4.69, 9.17) is 4.74 Å². The number of piperidine rings is 1. The van der Waals surface area contributed by atoms with Gasteiger partial charge >= 0.3 is 6.18 Å². The summed E-state index contributed by atoms with van der Waals surface area (Å²) in [6.07, 6.45) is -1.14. The molecule has 3 aromatic rings. The number of ether oxygens (including phenoxy) is 1. The highest BCUT2D eigenvalue weighted by atomic mass is 19.4. The van der Waals surface area contributed by atoms with Crippen LogP contribution in [0.2, 0.25) is 0 Å². The normalized spacial score (nSPS) is 26.5. The van der Waals surface area contributed by atoms with E-state index in [9.17, 15) is 23.1 Å². The number of fused-ring (bicyclic) bond motifs is 2. The summed E-state index contributed by atoms with van der Waals surface area (Å²) in [6.45, 7) is 1.99. The van der Waals surface area contributed by atoms with E-state index in [1.165, 1.54) is 21.7 Å². The summed E-state index contributed by atoms with van der Waals surface area (Å²) in [6, 6.07) is 9.24. The number of β-amino-alcohol motifs (C(OH)–C–C–N with tert-alkyl or cyclic N) is 1. The van der Waals surface area contributed by atoms with Crippen LogP contribution in [0.25, 0.3) is 5.65 Å². The van der Waals surface area contributed by atoms with Crippen molar-refractivity contribution >= 4 is 11.6 Å². The fraction of sp³-hybridized carbons (Fsp3) is 0.462. The number of nitrogens with one attached hydrogen (secondary N) is 1. The topological polar surface area (TPSA) is 79.1 Å². The van der Waals surface area contributed by atoms with Crippen molar-refractivity contribution in [2.24, 2.45) is 0 Å². The second-order valence-electron chi connectivity index (χ2n) is 10.1. The van der Waals surface area contributed by atoms with Gasteiger partial charge < -0.3 is 24.5 Å². The number of aliphatic hydroxyl groups excluding tert-OH is 1. The third-order valence-electron chi connectivity index (χ3n) is 7.90. The molecule has 0 aliphatic carbocycles. The van der Waals surface area contributed by atoms with Crippen LogP contribution in [0.15, 0.2) is 42.7 Å². The van der Waals surface area contributed by atoms with Crippen molar-refractivity contribution in [2.75, 3.05) is 26.3 Å². The molecule has 0 bridgehead atoms. The zero-order valence-corrected chi connectivity index (χ0v) is 19.6. The van der Waals surface area contributed by atoms with Crippen LogP contribution in [0.3, 0.4) is 0 Å². The largest absolute Gasteiger partial charge is 0.417 e. The molecule has 6 rings (SSSR count). The van der Waals surface area contributed by atoms with Crippen LogP contribution in [-0.2, 0) is 23.9 Å². The molecule has 1 unspecified atom stereocenters. The van der Waals surface area contributed by atoms with Gasteiger partial charge in [-0.05, 0) is 36.5 Å². The molecule has 5 heterocycles. The predicted octanol–water partition coefficient (Wildman–Crippen LogP) is 3.15. The SMILES string of the molecule is O=C(c1cn2cc(C(F)(F)F)cc(C3CCOC3)c2n1)N1CC[C@]2(Cc3ccccc3CN2)[C@H](O)C1.